The van der Waals surface area contributed by atoms with Gasteiger partial charge >= 0.3 is 0 Å². The molecular weight excluding hydrogens is 199 g/mol. The Balaban J connectivity index is 2.37. The van der Waals surface area contributed by atoms with E-state index in [4.69, 9.17) is 5.73 Å². The number of hydrogen-bond acceptors (Lipinski definition) is 3. The SMILES string of the molecule is NC(c1nccs1)c1ccccc1F. The topological polar surface area (TPSA) is 38.9 Å². The lowest BCUT2D eigenvalue weighted by Crippen LogP contribution is -2.13. The van der Waals surface area contributed by atoms with Crippen LogP contribution < -0.4 is 5.73 Å². The summed E-state index contributed by atoms with van der Waals surface area (Å²) in [6, 6.07) is 6.04. The van der Waals surface area contributed by atoms with Crippen molar-refractivity contribution in [3.63, 3.8) is 0 Å². The van der Waals surface area contributed by atoms with E-state index in [9.17, 15) is 4.39 Å². The number of benzene rings is 1. The Morgan fingerprint density at radius 1 is 1.36 bits per heavy atom. The molecule has 0 spiro atoms. The Kier molecular flexibility index (Phi) is 2.56. The summed E-state index contributed by atoms with van der Waals surface area (Å²) >= 11 is 1.43. The number of nitrogens with zero attached hydrogens (tertiary/aromatic N) is 1. The average Bonchev–Trinajstić information content (AvgIpc) is 2.70. The summed E-state index contributed by atoms with van der Waals surface area (Å²) in [7, 11) is 0. The Hall–Kier alpha value is -1.26. The molecule has 0 aliphatic carbocycles. The maximum atomic E-state index is 13.3. The molecule has 4 heteroatoms. The monoisotopic (exact) mass is 208 g/mol. The van der Waals surface area contributed by atoms with Crippen molar-refractivity contribution >= 4 is 11.3 Å². The predicted octanol–water partition coefficient (Wildman–Crippen LogP) is 2.33. The molecule has 0 saturated carbocycles. The van der Waals surface area contributed by atoms with Crippen molar-refractivity contribution in [1.29, 1.82) is 0 Å². The highest BCUT2D eigenvalue weighted by atomic mass is 32.1. The van der Waals surface area contributed by atoms with Gasteiger partial charge in [-0.05, 0) is 6.07 Å². The summed E-state index contributed by atoms with van der Waals surface area (Å²) in [5.41, 5.74) is 6.36. The zero-order chi connectivity index (χ0) is 9.97. The van der Waals surface area contributed by atoms with Crippen LogP contribution in [0.5, 0.6) is 0 Å². The van der Waals surface area contributed by atoms with E-state index < -0.39 is 6.04 Å². The minimum absolute atomic E-state index is 0.282. The van der Waals surface area contributed by atoms with Gasteiger partial charge in [-0.1, -0.05) is 18.2 Å². The van der Waals surface area contributed by atoms with Crippen LogP contribution in [0.3, 0.4) is 0 Å². The van der Waals surface area contributed by atoms with Crippen LogP contribution >= 0.6 is 11.3 Å². The lowest BCUT2D eigenvalue weighted by atomic mass is 10.1. The van der Waals surface area contributed by atoms with Crippen molar-refractivity contribution in [2.45, 2.75) is 6.04 Å². The fourth-order valence-corrected chi connectivity index (χ4v) is 1.90. The van der Waals surface area contributed by atoms with Crippen molar-refractivity contribution in [2.75, 3.05) is 0 Å². The van der Waals surface area contributed by atoms with Gasteiger partial charge in [0.1, 0.15) is 10.8 Å². The quantitative estimate of drug-likeness (QED) is 0.822. The molecule has 0 aliphatic rings. The molecule has 0 aliphatic heterocycles. The highest BCUT2D eigenvalue weighted by molar-refractivity contribution is 7.09. The van der Waals surface area contributed by atoms with Crippen molar-refractivity contribution < 1.29 is 4.39 Å². The lowest BCUT2D eigenvalue weighted by molar-refractivity contribution is 0.599. The molecule has 0 bridgehead atoms. The van der Waals surface area contributed by atoms with Crippen LogP contribution in [0.1, 0.15) is 16.6 Å². The Morgan fingerprint density at radius 3 is 2.79 bits per heavy atom. The Morgan fingerprint density at radius 2 is 2.14 bits per heavy atom. The minimum Gasteiger partial charge on any atom is -0.318 e. The number of rotatable bonds is 2. The molecule has 0 fully saturated rings. The normalized spacial score (nSPS) is 12.7. The van der Waals surface area contributed by atoms with Crippen LogP contribution in [0.4, 0.5) is 4.39 Å². The summed E-state index contributed by atoms with van der Waals surface area (Å²) in [6.07, 6.45) is 1.67. The van der Waals surface area contributed by atoms with Gasteiger partial charge in [0.25, 0.3) is 0 Å². The number of halogens is 1. The third kappa shape index (κ3) is 1.66. The van der Waals surface area contributed by atoms with Gasteiger partial charge in [0.05, 0.1) is 6.04 Å². The fraction of sp³-hybridized carbons (Fsp3) is 0.100. The van der Waals surface area contributed by atoms with Crippen molar-refractivity contribution in [3.8, 4) is 0 Å². The molecule has 0 radical (unpaired) electrons. The van der Waals surface area contributed by atoms with Gasteiger partial charge in [0.2, 0.25) is 0 Å². The highest BCUT2D eigenvalue weighted by Gasteiger charge is 2.14. The molecular formula is C10H9FN2S. The second-order valence-corrected chi connectivity index (χ2v) is 3.80. The zero-order valence-electron chi connectivity index (χ0n) is 7.35. The molecule has 1 aromatic heterocycles. The standard InChI is InChI=1S/C10H9FN2S/c11-8-4-2-1-3-7(8)9(12)10-13-5-6-14-10/h1-6,9H,12H2. The van der Waals surface area contributed by atoms with E-state index in [1.165, 1.54) is 17.4 Å². The number of nitrogens with two attached hydrogens (primary N) is 1. The van der Waals surface area contributed by atoms with E-state index >= 15 is 0 Å². The second kappa shape index (κ2) is 3.86. The number of hydrogen-bond donors (Lipinski definition) is 1. The highest BCUT2D eigenvalue weighted by Crippen LogP contribution is 2.23. The predicted molar refractivity (Wildman–Crippen MR) is 54.5 cm³/mol. The third-order valence-corrected chi connectivity index (χ3v) is 2.82. The van der Waals surface area contributed by atoms with Crippen LogP contribution in [0.2, 0.25) is 0 Å². The van der Waals surface area contributed by atoms with E-state index in [1.807, 2.05) is 5.38 Å². The van der Waals surface area contributed by atoms with E-state index in [0.717, 1.165) is 5.01 Å². The summed E-state index contributed by atoms with van der Waals surface area (Å²) in [5.74, 6) is -0.282. The summed E-state index contributed by atoms with van der Waals surface area (Å²) in [6.45, 7) is 0. The molecule has 72 valence electrons. The molecule has 1 atom stereocenters. The van der Waals surface area contributed by atoms with Gasteiger partial charge in [-0.2, -0.15) is 0 Å². The summed E-state index contributed by atoms with van der Waals surface area (Å²) in [5, 5.41) is 2.56. The molecule has 0 saturated heterocycles. The van der Waals surface area contributed by atoms with Crippen LogP contribution in [-0.4, -0.2) is 4.98 Å². The Labute approximate surface area is 85.2 Å². The third-order valence-electron chi connectivity index (χ3n) is 1.96. The molecule has 2 aromatic rings. The summed E-state index contributed by atoms with van der Waals surface area (Å²) < 4.78 is 13.3. The van der Waals surface area contributed by atoms with E-state index in [1.54, 1.807) is 24.4 Å². The second-order valence-electron chi connectivity index (χ2n) is 2.87. The average molecular weight is 208 g/mol. The Bertz CT molecular complexity index is 414. The maximum absolute atomic E-state index is 13.3. The smallest absolute Gasteiger partial charge is 0.128 e. The first-order chi connectivity index (χ1) is 6.79. The van der Waals surface area contributed by atoms with Crippen LogP contribution in [0, 0.1) is 5.82 Å². The fourth-order valence-electron chi connectivity index (χ4n) is 1.25. The van der Waals surface area contributed by atoms with Crippen molar-refractivity contribution in [2.24, 2.45) is 5.73 Å². The first-order valence-electron chi connectivity index (χ1n) is 4.18. The molecule has 1 aromatic carbocycles. The van der Waals surface area contributed by atoms with E-state index in [0.29, 0.717) is 5.56 Å². The van der Waals surface area contributed by atoms with Gasteiger partial charge in [0, 0.05) is 17.1 Å². The van der Waals surface area contributed by atoms with Gasteiger partial charge in [-0.15, -0.1) is 11.3 Å². The van der Waals surface area contributed by atoms with Crippen molar-refractivity contribution in [1.82, 2.24) is 4.98 Å². The van der Waals surface area contributed by atoms with E-state index in [2.05, 4.69) is 4.98 Å². The number of aromatic nitrogens is 1. The largest absolute Gasteiger partial charge is 0.318 e. The molecule has 1 heterocycles. The minimum atomic E-state index is -0.462. The zero-order valence-corrected chi connectivity index (χ0v) is 8.17. The van der Waals surface area contributed by atoms with Gasteiger partial charge in [-0.25, -0.2) is 9.37 Å². The molecule has 2 rings (SSSR count). The molecule has 2 N–H and O–H groups in total. The van der Waals surface area contributed by atoms with Gasteiger partial charge in [-0.3, -0.25) is 0 Å². The van der Waals surface area contributed by atoms with Crippen LogP contribution in [-0.2, 0) is 0 Å². The van der Waals surface area contributed by atoms with Crippen LogP contribution in [0.15, 0.2) is 35.8 Å². The first-order valence-corrected chi connectivity index (χ1v) is 5.06. The van der Waals surface area contributed by atoms with Gasteiger partial charge < -0.3 is 5.73 Å². The first kappa shape index (κ1) is 9.30. The summed E-state index contributed by atoms with van der Waals surface area (Å²) in [4.78, 5) is 4.06. The molecule has 0 amide bonds. The van der Waals surface area contributed by atoms with Gasteiger partial charge in [0.15, 0.2) is 0 Å². The lowest BCUT2D eigenvalue weighted by Gasteiger charge is -2.09. The molecule has 2 nitrogen and oxygen atoms in total. The molecule has 14 heavy (non-hydrogen) atoms. The van der Waals surface area contributed by atoms with E-state index in [-0.39, 0.29) is 5.82 Å². The molecule has 1 unspecified atom stereocenters. The van der Waals surface area contributed by atoms with Crippen LogP contribution in [0.25, 0.3) is 0 Å². The van der Waals surface area contributed by atoms with Crippen molar-refractivity contribution in [3.05, 3.63) is 52.2 Å². The number of thiazole rings is 1. The maximum Gasteiger partial charge on any atom is 0.128 e.